The van der Waals surface area contributed by atoms with Crippen molar-refractivity contribution in [3.05, 3.63) is 33.8 Å². The summed E-state index contributed by atoms with van der Waals surface area (Å²) < 4.78 is 0. The van der Waals surface area contributed by atoms with E-state index in [1.807, 2.05) is 0 Å². The monoisotopic (exact) mass is 322 g/mol. The lowest BCUT2D eigenvalue weighted by atomic mass is 9.99. The van der Waals surface area contributed by atoms with Crippen LogP contribution in [-0.2, 0) is 0 Å². The van der Waals surface area contributed by atoms with Gasteiger partial charge in [-0.3, -0.25) is 4.79 Å². The van der Waals surface area contributed by atoms with Crippen LogP contribution in [0.4, 0.5) is 0 Å². The third kappa shape index (κ3) is 3.99. The molecule has 106 valence electrons. The van der Waals surface area contributed by atoms with E-state index in [9.17, 15) is 4.79 Å². The van der Waals surface area contributed by atoms with Gasteiger partial charge in [-0.1, -0.05) is 29.3 Å². The van der Waals surface area contributed by atoms with Crippen LogP contribution in [0, 0.1) is 0 Å². The number of amides is 1. The molecule has 3 nitrogen and oxygen atoms in total. The molecule has 0 saturated carbocycles. The van der Waals surface area contributed by atoms with Crippen molar-refractivity contribution >= 4 is 41.5 Å². The molecule has 19 heavy (non-hydrogen) atoms. The van der Waals surface area contributed by atoms with Crippen LogP contribution in [-0.4, -0.2) is 24.5 Å². The Morgan fingerprint density at radius 3 is 2.58 bits per heavy atom. The molecule has 1 amide bonds. The minimum absolute atomic E-state index is 0. The van der Waals surface area contributed by atoms with Crippen LogP contribution in [0.2, 0.25) is 10.0 Å². The number of carbonyl (C=O) groups excluding carboxylic acids is 1. The number of hydrogen-bond donors (Lipinski definition) is 2. The second-order valence-electron chi connectivity index (χ2n) is 4.56. The van der Waals surface area contributed by atoms with Crippen molar-refractivity contribution in [3.63, 3.8) is 0 Å². The topological polar surface area (TPSA) is 41.1 Å². The normalized spacial score (nSPS) is 22.5. The van der Waals surface area contributed by atoms with Crippen molar-refractivity contribution in [1.82, 2.24) is 10.6 Å². The van der Waals surface area contributed by atoms with Crippen molar-refractivity contribution < 1.29 is 4.79 Å². The van der Waals surface area contributed by atoms with E-state index in [1.54, 1.807) is 18.2 Å². The van der Waals surface area contributed by atoms with Crippen molar-refractivity contribution in [2.45, 2.75) is 31.8 Å². The third-order valence-corrected chi connectivity index (χ3v) is 3.90. The summed E-state index contributed by atoms with van der Waals surface area (Å²) in [4.78, 5) is 12.2. The molecule has 6 heteroatoms. The fourth-order valence-electron chi connectivity index (χ4n) is 2.20. The molecule has 1 aliphatic heterocycles. The molecule has 1 saturated heterocycles. The van der Waals surface area contributed by atoms with Gasteiger partial charge in [-0.25, -0.2) is 0 Å². The Kier molecular flexibility index (Phi) is 6.40. The summed E-state index contributed by atoms with van der Waals surface area (Å²) in [7, 11) is 0. The number of piperidine rings is 1. The van der Waals surface area contributed by atoms with E-state index >= 15 is 0 Å². The molecule has 1 aromatic rings. The largest absolute Gasteiger partial charge is 0.348 e. The van der Waals surface area contributed by atoms with Gasteiger partial charge in [0.25, 0.3) is 5.91 Å². The zero-order chi connectivity index (χ0) is 13.1. The molecule has 1 heterocycles. The van der Waals surface area contributed by atoms with Crippen molar-refractivity contribution in [1.29, 1.82) is 0 Å². The Labute approximate surface area is 129 Å². The maximum Gasteiger partial charge on any atom is 0.254 e. The lowest BCUT2D eigenvalue weighted by Gasteiger charge is -2.30. The molecule has 2 unspecified atom stereocenters. The van der Waals surface area contributed by atoms with Gasteiger partial charge in [-0.15, -0.1) is 12.4 Å². The van der Waals surface area contributed by atoms with Crippen LogP contribution < -0.4 is 10.6 Å². The minimum Gasteiger partial charge on any atom is -0.348 e. The van der Waals surface area contributed by atoms with Crippen molar-refractivity contribution in [3.8, 4) is 0 Å². The lowest BCUT2D eigenvalue weighted by molar-refractivity contribution is 0.0920. The minimum atomic E-state index is -0.203. The van der Waals surface area contributed by atoms with Gasteiger partial charge in [0, 0.05) is 12.1 Å². The molecule has 0 bridgehead atoms. The number of hydrogen-bond acceptors (Lipinski definition) is 2. The van der Waals surface area contributed by atoms with Crippen molar-refractivity contribution in [2.24, 2.45) is 0 Å². The van der Waals surface area contributed by atoms with Gasteiger partial charge >= 0.3 is 0 Å². The fourth-order valence-corrected chi connectivity index (χ4v) is 2.77. The molecule has 2 atom stereocenters. The highest BCUT2D eigenvalue weighted by molar-refractivity contribution is 6.39. The summed E-state index contributed by atoms with van der Waals surface area (Å²) in [6, 6.07) is 5.46. The van der Waals surface area contributed by atoms with Crippen LogP contribution in [0.15, 0.2) is 18.2 Å². The van der Waals surface area contributed by atoms with Gasteiger partial charge in [0.2, 0.25) is 0 Å². The summed E-state index contributed by atoms with van der Waals surface area (Å²) in [6.07, 6.45) is 2.04. The smallest absolute Gasteiger partial charge is 0.254 e. The Morgan fingerprint density at radius 1 is 1.37 bits per heavy atom. The van der Waals surface area contributed by atoms with E-state index in [0.29, 0.717) is 15.6 Å². The lowest BCUT2D eigenvalue weighted by Crippen LogP contribution is -2.52. The molecule has 1 aliphatic rings. The standard InChI is InChI=1S/C13H16Cl2N2O.ClH/c1-8-11(6-3-7-16-8)17-13(18)12-9(14)4-2-5-10(12)15;/h2,4-5,8,11,16H,3,6-7H2,1H3,(H,17,18);1H. The van der Waals surface area contributed by atoms with Gasteiger partial charge in [-0.2, -0.15) is 0 Å². The van der Waals surface area contributed by atoms with Gasteiger partial charge in [0.05, 0.1) is 15.6 Å². The van der Waals surface area contributed by atoms with Gasteiger partial charge < -0.3 is 10.6 Å². The van der Waals surface area contributed by atoms with Crippen LogP contribution in [0.1, 0.15) is 30.1 Å². The summed E-state index contributed by atoms with van der Waals surface area (Å²) in [5.41, 5.74) is 0.360. The van der Waals surface area contributed by atoms with E-state index in [1.165, 1.54) is 0 Å². The molecular weight excluding hydrogens is 307 g/mol. The second kappa shape index (κ2) is 7.34. The third-order valence-electron chi connectivity index (χ3n) is 3.27. The van der Waals surface area contributed by atoms with E-state index in [4.69, 9.17) is 23.2 Å². The van der Waals surface area contributed by atoms with Crippen LogP contribution >= 0.6 is 35.6 Å². The van der Waals surface area contributed by atoms with Crippen LogP contribution in [0.25, 0.3) is 0 Å². The Balaban J connectivity index is 0.00000180. The molecule has 0 spiro atoms. The van der Waals surface area contributed by atoms with E-state index in [2.05, 4.69) is 17.6 Å². The molecule has 0 aromatic heterocycles. The first-order chi connectivity index (χ1) is 8.59. The number of carbonyl (C=O) groups is 1. The second-order valence-corrected chi connectivity index (χ2v) is 5.38. The van der Waals surface area contributed by atoms with E-state index in [0.717, 1.165) is 19.4 Å². The molecule has 2 N–H and O–H groups in total. The van der Waals surface area contributed by atoms with E-state index in [-0.39, 0.29) is 30.4 Å². The molecule has 1 aromatic carbocycles. The average Bonchev–Trinajstić information content (AvgIpc) is 2.32. The number of rotatable bonds is 2. The molecule has 2 rings (SSSR count). The highest BCUT2D eigenvalue weighted by Gasteiger charge is 2.24. The summed E-state index contributed by atoms with van der Waals surface area (Å²) in [5.74, 6) is -0.203. The maximum absolute atomic E-state index is 12.2. The molecular formula is C13H17Cl3N2O. The number of nitrogens with one attached hydrogen (secondary N) is 2. The van der Waals surface area contributed by atoms with Crippen molar-refractivity contribution in [2.75, 3.05) is 6.54 Å². The van der Waals surface area contributed by atoms with Gasteiger partial charge in [-0.05, 0) is 38.4 Å². The Morgan fingerprint density at radius 2 is 2.00 bits per heavy atom. The van der Waals surface area contributed by atoms with Gasteiger partial charge in [0.15, 0.2) is 0 Å². The molecule has 0 aliphatic carbocycles. The van der Waals surface area contributed by atoms with E-state index < -0.39 is 0 Å². The number of benzene rings is 1. The highest BCUT2D eigenvalue weighted by atomic mass is 35.5. The summed E-state index contributed by atoms with van der Waals surface area (Å²) in [5, 5.41) is 7.10. The zero-order valence-corrected chi connectivity index (χ0v) is 12.9. The fraction of sp³-hybridized carbons (Fsp3) is 0.462. The van der Waals surface area contributed by atoms with Crippen LogP contribution in [0.3, 0.4) is 0 Å². The van der Waals surface area contributed by atoms with Gasteiger partial charge in [0.1, 0.15) is 0 Å². The summed E-state index contributed by atoms with van der Waals surface area (Å²) in [6.45, 7) is 3.07. The first-order valence-corrected chi connectivity index (χ1v) is 6.83. The predicted molar refractivity (Wildman–Crippen MR) is 81.7 cm³/mol. The quantitative estimate of drug-likeness (QED) is 0.877. The van der Waals surface area contributed by atoms with Crippen LogP contribution in [0.5, 0.6) is 0 Å². The maximum atomic E-state index is 12.2. The molecule has 1 fully saturated rings. The predicted octanol–water partition coefficient (Wildman–Crippen LogP) is 3.29. The summed E-state index contributed by atoms with van der Waals surface area (Å²) >= 11 is 12.0. The highest BCUT2D eigenvalue weighted by Crippen LogP contribution is 2.24. The Bertz CT molecular complexity index is 433. The SMILES string of the molecule is CC1NCCCC1NC(=O)c1c(Cl)cccc1Cl.Cl. The first-order valence-electron chi connectivity index (χ1n) is 6.08. The average molecular weight is 324 g/mol. The number of halogens is 3. The molecule has 0 radical (unpaired) electrons. The first kappa shape index (κ1) is 16.6. The zero-order valence-electron chi connectivity index (χ0n) is 10.6. The Hall–Kier alpha value is -0.480.